The number of nitrogens with zero attached hydrogens (tertiary/aromatic N) is 6. The van der Waals surface area contributed by atoms with Gasteiger partial charge in [-0.2, -0.15) is 5.10 Å². The van der Waals surface area contributed by atoms with Crippen molar-refractivity contribution < 1.29 is 22.4 Å². The van der Waals surface area contributed by atoms with Gasteiger partial charge in [0.05, 0.1) is 17.6 Å². The summed E-state index contributed by atoms with van der Waals surface area (Å²) in [7, 11) is 0. The normalized spacial score (nSPS) is 11.6. The van der Waals surface area contributed by atoms with Crippen LogP contribution in [0.25, 0.3) is 11.0 Å². The van der Waals surface area contributed by atoms with E-state index in [1.807, 2.05) is 31.2 Å². The molecule has 0 saturated heterocycles. The zero-order valence-electron chi connectivity index (χ0n) is 17.6. The van der Waals surface area contributed by atoms with Crippen LogP contribution in [0.2, 0.25) is 0 Å². The number of carbonyl (C=O) groups is 1. The quantitative estimate of drug-likeness (QED) is 0.417. The van der Waals surface area contributed by atoms with Gasteiger partial charge in [-0.25, -0.2) is 36.9 Å². The number of halogens is 4. The number of hydrogen-bond donors (Lipinski definition) is 1. The number of hydrogen-bond acceptors (Lipinski definition) is 5. The summed E-state index contributed by atoms with van der Waals surface area (Å²) in [6, 6.07) is 8.50. The van der Waals surface area contributed by atoms with Crippen LogP contribution < -0.4 is 5.32 Å². The number of nitrogens with one attached hydrogen (secondary N) is 1. The van der Waals surface area contributed by atoms with Gasteiger partial charge < -0.3 is 0 Å². The molecule has 12 heteroatoms. The summed E-state index contributed by atoms with van der Waals surface area (Å²) in [6.45, 7) is 3.42. The van der Waals surface area contributed by atoms with E-state index in [9.17, 15) is 22.4 Å². The van der Waals surface area contributed by atoms with E-state index in [4.69, 9.17) is 0 Å². The maximum Gasteiger partial charge on any atom is 0.280 e. The monoisotopic (exact) mass is 461 g/mol. The molecule has 0 fully saturated rings. The Bertz CT molecular complexity index is 1320. The summed E-state index contributed by atoms with van der Waals surface area (Å²) < 4.78 is 55.8. The molecule has 0 radical (unpaired) electrons. The number of alkyl halides is 4. The van der Waals surface area contributed by atoms with Crippen molar-refractivity contribution in [2.75, 3.05) is 5.32 Å². The summed E-state index contributed by atoms with van der Waals surface area (Å²) in [4.78, 5) is 20.3. The number of aryl methyl sites for hydroxylation is 2. The van der Waals surface area contributed by atoms with E-state index in [1.165, 1.54) is 13.3 Å². The Hall–Kier alpha value is -3.83. The van der Waals surface area contributed by atoms with E-state index in [0.717, 1.165) is 15.8 Å². The Kier molecular flexibility index (Phi) is 6.07. The molecular formula is C21H19F4N7O. The lowest BCUT2D eigenvalue weighted by molar-refractivity contribution is -0.116. The van der Waals surface area contributed by atoms with E-state index < -0.39 is 36.6 Å². The smallest absolute Gasteiger partial charge is 0.280 e. The summed E-state index contributed by atoms with van der Waals surface area (Å²) >= 11 is 0. The molecule has 1 amide bonds. The zero-order valence-corrected chi connectivity index (χ0v) is 17.6. The lowest BCUT2D eigenvalue weighted by Gasteiger charge is -2.08. The van der Waals surface area contributed by atoms with Crippen molar-refractivity contribution in [3.05, 3.63) is 64.7 Å². The molecule has 3 aromatic heterocycles. The summed E-state index contributed by atoms with van der Waals surface area (Å²) in [5, 5.41) is 10.7. The number of amides is 1. The van der Waals surface area contributed by atoms with Gasteiger partial charge >= 0.3 is 0 Å². The second-order valence-electron chi connectivity index (χ2n) is 7.48. The van der Waals surface area contributed by atoms with Crippen LogP contribution in [0.4, 0.5) is 23.5 Å². The van der Waals surface area contributed by atoms with Crippen molar-refractivity contribution in [3.63, 3.8) is 0 Å². The molecule has 4 aromatic rings. The van der Waals surface area contributed by atoms with E-state index in [0.29, 0.717) is 12.6 Å². The minimum atomic E-state index is -3.05. The highest BCUT2D eigenvalue weighted by Gasteiger charge is 2.24. The average Bonchev–Trinajstić information content (AvgIpc) is 3.31. The molecule has 4 rings (SSSR count). The molecule has 0 spiro atoms. The van der Waals surface area contributed by atoms with Gasteiger partial charge in [-0.1, -0.05) is 29.8 Å². The maximum absolute atomic E-state index is 13.5. The topological polar surface area (TPSA) is 90.5 Å². The number of pyridine rings is 1. The van der Waals surface area contributed by atoms with Crippen molar-refractivity contribution >= 4 is 22.9 Å². The van der Waals surface area contributed by atoms with Gasteiger partial charge in [0.1, 0.15) is 18.6 Å². The Balaban J connectivity index is 1.53. The van der Waals surface area contributed by atoms with Crippen LogP contribution in [0.1, 0.15) is 40.9 Å². The number of aromatic nitrogens is 6. The van der Waals surface area contributed by atoms with Crippen LogP contribution in [-0.4, -0.2) is 35.4 Å². The molecule has 0 bridgehead atoms. The molecule has 33 heavy (non-hydrogen) atoms. The average molecular weight is 461 g/mol. The van der Waals surface area contributed by atoms with Gasteiger partial charge in [-0.15, -0.1) is 5.10 Å². The van der Waals surface area contributed by atoms with Crippen LogP contribution in [0.5, 0.6) is 0 Å². The molecule has 0 atom stereocenters. The third-order valence-electron chi connectivity index (χ3n) is 4.89. The van der Waals surface area contributed by atoms with Gasteiger partial charge in [0, 0.05) is 5.56 Å². The van der Waals surface area contributed by atoms with Gasteiger partial charge in [0.25, 0.3) is 12.9 Å². The summed E-state index contributed by atoms with van der Waals surface area (Å²) in [6.07, 6.45) is -4.60. The highest BCUT2D eigenvalue weighted by molar-refractivity contribution is 5.90. The second kappa shape index (κ2) is 8.96. The van der Waals surface area contributed by atoms with Gasteiger partial charge in [-0.3, -0.25) is 10.1 Å². The van der Waals surface area contributed by atoms with Gasteiger partial charge in [0.2, 0.25) is 11.9 Å². The number of anilines is 1. The largest absolute Gasteiger partial charge is 0.292 e. The fourth-order valence-corrected chi connectivity index (χ4v) is 3.53. The second-order valence-corrected chi connectivity index (χ2v) is 7.48. The highest BCUT2D eigenvalue weighted by Crippen LogP contribution is 2.32. The van der Waals surface area contributed by atoms with Crippen LogP contribution in [0.15, 0.2) is 36.7 Å². The maximum atomic E-state index is 13.5. The lowest BCUT2D eigenvalue weighted by Crippen LogP contribution is -2.21. The first-order valence-electron chi connectivity index (χ1n) is 9.90. The molecule has 172 valence electrons. The SMILES string of the molecule is Cc1cccc(Cn2cnc(NC(=O)Cn3nc(C)c4c(C(F)F)cc(C(F)F)nc43)n2)c1. The van der Waals surface area contributed by atoms with E-state index in [-0.39, 0.29) is 22.7 Å². The molecule has 3 heterocycles. The molecule has 0 aliphatic heterocycles. The zero-order chi connectivity index (χ0) is 23.7. The summed E-state index contributed by atoms with van der Waals surface area (Å²) in [5.74, 6) is -0.578. The Morgan fingerprint density at radius 2 is 1.88 bits per heavy atom. The highest BCUT2D eigenvalue weighted by atomic mass is 19.3. The van der Waals surface area contributed by atoms with Crippen molar-refractivity contribution in [2.45, 2.75) is 39.8 Å². The third-order valence-corrected chi connectivity index (χ3v) is 4.89. The third kappa shape index (κ3) is 4.83. The van der Waals surface area contributed by atoms with Crippen molar-refractivity contribution in [3.8, 4) is 0 Å². The number of carbonyl (C=O) groups excluding carboxylic acids is 1. The first-order valence-corrected chi connectivity index (χ1v) is 9.90. The number of fused-ring (bicyclic) bond motifs is 1. The van der Waals surface area contributed by atoms with Crippen LogP contribution in [-0.2, 0) is 17.9 Å². The molecule has 0 unspecified atom stereocenters. The minimum absolute atomic E-state index is 0.0373. The van der Waals surface area contributed by atoms with Crippen LogP contribution in [0.3, 0.4) is 0 Å². The fraction of sp³-hybridized carbons (Fsp3) is 0.286. The van der Waals surface area contributed by atoms with E-state index >= 15 is 0 Å². The lowest BCUT2D eigenvalue weighted by atomic mass is 10.1. The van der Waals surface area contributed by atoms with E-state index in [2.05, 4.69) is 25.5 Å². The fourth-order valence-electron chi connectivity index (χ4n) is 3.53. The van der Waals surface area contributed by atoms with Crippen LogP contribution in [0, 0.1) is 13.8 Å². The van der Waals surface area contributed by atoms with Crippen molar-refractivity contribution in [1.82, 2.24) is 29.5 Å². The Morgan fingerprint density at radius 1 is 1.09 bits per heavy atom. The first kappa shape index (κ1) is 22.4. The van der Waals surface area contributed by atoms with Crippen molar-refractivity contribution in [1.29, 1.82) is 0 Å². The molecule has 0 saturated carbocycles. The summed E-state index contributed by atoms with van der Waals surface area (Å²) in [5.41, 5.74) is 0.635. The predicted octanol–water partition coefficient (Wildman–Crippen LogP) is 4.20. The molecule has 1 aromatic carbocycles. The number of benzene rings is 1. The van der Waals surface area contributed by atoms with Gasteiger partial charge in [0.15, 0.2) is 5.65 Å². The molecular weight excluding hydrogens is 442 g/mol. The molecule has 8 nitrogen and oxygen atoms in total. The number of rotatable bonds is 7. The van der Waals surface area contributed by atoms with Crippen LogP contribution >= 0.6 is 0 Å². The first-order chi connectivity index (χ1) is 15.7. The molecule has 0 aliphatic carbocycles. The molecule has 1 N–H and O–H groups in total. The Morgan fingerprint density at radius 3 is 2.58 bits per heavy atom. The minimum Gasteiger partial charge on any atom is -0.292 e. The van der Waals surface area contributed by atoms with Gasteiger partial charge in [-0.05, 0) is 25.5 Å². The molecule has 0 aliphatic rings. The van der Waals surface area contributed by atoms with E-state index in [1.54, 1.807) is 4.68 Å². The Labute approximate surface area is 185 Å². The predicted molar refractivity (Wildman–Crippen MR) is 111 cm³/mol. The van der Waals surface area contributed by atoms with Crippen molar-refractivity contribution in [2.24, 2.45) is 0 Å². The standard InChI is InChI=1S/C21H19F4N7O/c1-11-4-3-5-13(6-11)8-31-10-26-21(30-31)28-16(33)9-32-20-17(12(2)29-32)14(18(22)23)7-15(27-20)19(24)25/h3-7,10,18-19H,8-9H2,1-2H3,(H,28,30,33).